The number of hydrogen-bond donors (Lipinski definition) is 0. The molecule has 0 amide bonds. The Labute approximate surface area is 77.1 Å². The van der Waals surface area contributed by atoms with Crippen LogP contribution in [0.3, 0.4) is 0 Å². The van der Waals surface area contributed by atoms with E-state index in [4.69, 9.17) is 0 Å². The summed E-state index contributed by atoms with van der Waals surface area (Å²) in [6.07, 6.45) is 5.55. The van der Waals surface area contributed by atoms with Crippen LogP contribution in [0, 0.1) is 5.92 Å². The second kappa shape index (κ2) is 4.27. The molecule has 1 saturated heterocycles. The normalized spacial score (nSPS) is 34.0. The van der Waals surface area contributed by atoms with Crippen LogP contribution in [-0.4, -0.2) is 24.0 Å². The van der Waals surface area contributed by atoms with Gasteiger partial charge in [0.1, 0.15) is 0 Å². The third-order valence-corrected chi connectivity index (χ3v) is 3.56. The van der Waals surface area contributed by atoms with E-state index in [9.17, 15) is 0 Å². The molecular formula is C11H23N. The third-order valence-electron chi connectivity index (χ3n) is 3.56. The van der Waals surface area contributed by atoms with Gasteiger partial charge in [-0.05, 0) is 39.2 Å². The Balaban J connectivity index is 2.33. The maximum atomic E-state index is 2.56. The minimum Gasteiger partial charge on any atom is -0.301 e. The lowest BCUT2D eigenvalue weighted by atomic mass is 9.98. The Kier molecular flexibility index (Phi) is 3.57. The second-order valence-corrected chi connectivity index (χ2v) is 4.49. The van der Waals surface area contributed by atoms with Gasteiger partial charge in [-0.15, -0.1) is 0 Å². The molecule has 1 heteroatoms. The molecule has 72 valence electrons. The molecule has 1 nitrogen and oxygen atoms in total. The highest BCUT2D eigenvalue weighted by atomic mass is 15.2. The Morgan fingerprint density at radius 3 is 2.50 bits per heavy atom. The lowest BCUT2D eigenvalue weighted by Gasteiger charge is -2.25. The summed E-state index contributed by atoms with van der Waals surface area (Å²) in [5.41, 5.74) is 0. The van der Waals surface area contributed by atoms with Gasteiger partial charge in [0.05, 0.1) is 0 Å². The van der Waals surface area contributed by atoms with Gasteiger partial charge in [0, 0.05) is 12.1 Å². The highest BCUT2D eigenvalue weighted by Gasteiger charge is 2.27. The molecule has 1 aliphatic rings. The first kappa shape index (κ1) is 10.0. The predicted molar refractivity (Wildman–Crippen MR) is 54.3 cm³/mol. The SMILES string of the molecule is CCC(C)CC1CCC(C)N1C. The summed E-state index contributed by atoms with van der Waals surface area (Å²) in [7, 11) is 2.28. The lowest BCUT2D eigenvalue weighted by Crippen LogP contribution is -2.31. The molecule has 3 unspecified atom stereocenters. The van der Waals surface area contributed by atoms with Crippen molar-refractivity contribution in [1.29, 1.82) is 0 Å². The van der Waals surface area contributed by atoms with Gasteiger partial charge in [-0.1, -0.05) is 20.3 Å². The van der Waals surface area contributed by atoms with Crippen LogP contribution in [0.25, 0.3) is 0 Å². The Morgan fingerprint density at radius 2 is 2.08 bits per heavy atom. The van der Waals surface area contributed by atoms with Crippen LogP contribution in [0.5, 0.6) is 0 Å². The van der Waals surface area contributed by atoms with E-state index in [0.717, 1.165) is 18.0 Å². The minimum absolute atomic E-state index is 0.819. The average molecular weight is 169 g/mol. The van der Waals surface area contributed by atoms with Crippen LogP contribution in [0.2, 0.25) is 0 Å². The van der Waals surface area contributed by atoms with Gasteiger partial charge in [-0.25, -0.2) is 0 Å². The van der Waals surface area contributed by atoms with Gasteiger partial charge < -0.3 is 4.90 Å². The summed E-state index contributed by atoms with van der Waals surface area (Å²) >= 11 is 0. The Morgan fingerprint density at radius 1 is 1.42 bits per heavy atom. The molecule has 0 aromatic rings. The third kappa shape index (κ3) is 2.22. The molecule has 1 fully saturated rings. The van der Waals surface area contributed by atoms with Gasteiger partial charge >= 0.3 is 0 Å². The summed E-state index contributed by atoms with van der Waals surface area (Å²) in [5, 5.41) is 0. The average Bonchev–Trinajstić information content (AvgIpc) is 2.36. The molecule has 1 heterocycles. The van der Waals surface area contributed by atoms with Gasteiger partial charge in [-0.3, -0.25) is 0 Å². The number of hydrogen-bond acceptors (Lipinski definition) is 1. The van der Waals surface area contributed by atoms with Crippen molar-refractivity contribution < 1.29 is 0 Å². The zero-order chi connectivity index (χ0) is 9.14. The maximum Gasteiger partial charge on any atom is 0.00981 e. The number of likely N-dealkylation sites (tertiary alicyclic amines) is 1. The van der Waals surface area contributed by atoms with Crippen molar-refractivity contribution in [3.63, 3.8) is 0 Å². The topological polar surface area (TPSA) is 3.24 Å². The number of rotatable bonds is 3. The standard InChI is InChI=1S/C11H23N/c1-5-9(2)8-11-7-6-10(3)12(11)4/h9-11H,5-8H2,1-4H3. The zero-order valence-corrected chi connectivity index (χ0v) is 9.01. The highest BCUT2D eigenvalue weighted by Crippen LogP contribution is 2.27. The zero-order valence-electron chi connectivity index (χ0n) is 9.01. The molecule has 0 spiro atoms. The molecule has 12 heavy (non-hydrogen) atoms. The summed E-state index contributed by atoms with van der Waals surface area (Å²) < 4.78 is 0. The largest absolute Gasteiger partial charge is 0.301 e. The van der Waals surface area contributed by atoms with E-state index in [1.165, 1.54) is 25.7 Å². The first-order valence-electron chi connectivity index (χ1n) is 5.37. The monoisotopic (exact) mass is 169 g/mol. The van der Waals surface area contributed by atoms with Gasteiger partial charge in [0.25, 0.3) is 0 Å². The molecule has 0 aromatic heterocycles. The lowest BCUT2D eigenvalue weighted by molar-refractivity contribution is 0.222. The van der Waals surface area contributed by atoms with Crippen LogP contribution >= 0.6 is 0 Å². The van der Waals surface area contributed by atoms with Crippen LogP contribution < -0.4 is 0 Å². The molecule has 0 aromatic carbocycles. The fraction of sp³-hybridized carbons (Fsp3) is 1.00. The van der Waals surface area contributed by atoms with Crippen LogP contribution in [0.1, 0.15) is 46.5 Å². The van der Waals surface area contributed by atoms with Crippen molar-refractivity contribution in [3.8, 4) is 0 Å². The molecule has 0 saturated carbocycles. The predicted octanol–water partition coefficient (Wildman–Crippen LogP) is 2.91. The van der Waals surface area contributed by atoms with Crippen LogP contribution in [0.15, 0.2) is 0 Å². The Bertz CT molecular complexity index is 133. The maximum absolute atomic E-state index is 2.56. The fourth-order valence-electron chi connectivity index (χ4n) is 2.12. The van der Waals surface area contributed by atoms with Crippen molar-refractivity contribution >= 4 is 0 Å². The van der Waals surface area contributed by atoms with Crippen molar-refractivity contribution in [2.24, 2.45) is 5.92 Å². The van der Waals surface area contributed by atoms with Crippen molar-refractivity contribution in [2.75, 3.05) is 7.05 Å². The van der Waals surface area contributed by atoms with Crippen molar-refractivity contribution in [1.82, 2.24) is 4.90 Å². The van der Waals surface area contributed by atoms with E-state index in [1.54, 1.807) is 0 Å². The molecular weight excluding hydrogens is 146 g/mol. The quantitative estimate of drug-likeness (QED) is 0.628. The van der Waals surface area contributed by atoms with Gasteiger partial charge in [0.2, 0.25) is 0 Å². The first-order valence-corrected chi connectivity index (χ1v) is 5.37. The van der Waals surface area contributed by atoms with E-state index in [2.05, 4.69) is 32.7 Å². The van der Waals surface area contributed by atoms with E-state index < -0.39 is 0 Å². The molecule has 1 rings (SSSR count). The smallest absolute Gasteiger partial charge is 0.00981 e. The molecule has 3 atom stereocenters. The minimum atomic E-state index is 0.819. The van der Waals surface area contributed by atoms with E-state index in [1.807, 2.05) is 0 Å². The van der Waals surface area contributed by atoms with Crippen LogP contribution in [-0.2, 0) is 0 Å². The second-order valence-electron chi connectivity index (χ2n) is 4.49. The summed E-state index contributed by atoms with van der Waals surface area (Å²) in [5.74, 6) is 0.905. The van der Waals surface area contributed by atoms with E-state index >= 15 is 0 Å². The first-order chi connectivity index (χ1) is 5.65. The Hall–Kier alpha value is -0.0400. The molecule has 0 aliphatic carbocycles. The molecule has 0 N–H and O–H groups in total. The fourth-order valence-corrected chi connectivity index (χ4v) is 2.12. The number of nitrogens with zero attached hydrogens (tertiary/aromatic N) is 1. The van der Waals surface area contributed by atoms with E-state index in [0.29, 0.717) is 0 Å². The van der Waals surface area contributed by atoms with Crippen molar-refractivity contribution in [3.05, 3.63) is 0 Å². The van der Waals surface area contributed by atoms with Gasteiger partial charge in [0.15, 0.2) is 0 Å². The van der Waals surface area contributed by atoms with Crippen molar-refractivity contribution in [2.45, 2.75) is 58.5 Å². The molecule has 1 aliphatic heterocycles. The molecule has 0 radical (unpaired) electrons. The van der Waals surface area contributed by atoms with Crippen LogP contribution in [0.4, 0.5) is 0 Å². The summed E-state index contributed by atoms with van der Waals surface area (Å²) in [6.45, 7) is 7.01. The summed E-state index contributed by atoms with van der Waals surface area (Å²) in [6, 6.07) is 1.69. The molecule has 0 bridgehead atoms. The van der Waals surface area contributed by atoms with Gasteiger partial charge in [-0.2, -0.15) is 0 Å². The van der Waals surface area contributed by atoms with E-state index in [-0.39, 0.29) is 0 Å². The highest BCUT2D eigenvalue weighted by molar-refractivity contribution is 4.83. The summed E-state index contributed by atoms with van der Waals surface area (Å²) in [4.78, 5) is 2.56.